The molecule has 3 atom stereocenters. The summed E-state index contributed by atoms with van der Waals surface area (Å²) in [6.07, 6.45) is 10.5. The number of rotatable bonds is 6. The van der Waals surface area contributed by atoms with Gasteiger partial charge in [0, 0.05) is 6.04 Å². The largest absolute Gasteiger partial charge is 0.453 e. The van der Waals surface area contributed by atoms with Crippen molar-refractivity contribution >= 4 is 16.1 Å². The lowest BCUT2D eigenvalue weighted by atomic mass is 9.83. The van der Waals surface area contributed by atoms with E-state index in [1.165, 1.54) is 17.6 Å². The van der Waals surface area contributed by atoms with Gasteiger partial charge in [-0.1, -0.05) is 36.3 Å². The SMILES string of the molecule is C#C[C@@H]1CC(NS(C)(=O)=O)C(COC2CCC(c3ccccc3)CC2)N1C(=O)OC. The van der Waals surface area contributed by atoms with E-state index >= 15 is 0 Å². The summed E-state index contributed by atoms with van der Waals surface area (Å²) in [4.78, 5) is 13.8. The highest BCUT2D eigenvalue weighted by Gasteiger charge is 2.45. The third-order valence-electron chi connectivity index (χ3n) is 6.03. The highest BCUT2D eigenvalue weighted by molar-refractivity contribution is 7.88. The van der Waals surface area contributed by atoms with Crippen LogP contribution in [0.4, 0.5) is 4.79 Å². The number of terminal acetylenes is 1. The Morgan fingerprint density at radius 1 is 1.23 bits per heavy atom. The second-order valence-electron chi connectivity index (χ2n) is 8.08. The number of likely N-dealkylation sites (tertiary alicyclic amines) is 1. The molecule has 1 heterocycles. The van der Waals surface area contributed by atoms with E-state index in [1.807, 2.05) is 6.07 Å². The molecule has 8 heteroatoms. The summed E-state index contributed by atoms with van der Waals surface area (Å²) in [6.45, 7) is 0.209. The summed E-state index contributed by atoms with van der Waals surface area (Å²) in [7, 11) is -2.17. The molecule has 1 aromatic rings. The van der Waals surface area contributed by atoms with Gasteiger partial charge in [-0.15, -0.1) is 6.42 Å². The van der Waals surface area contributed by atoms with Gasteiger partial charge in [-0.2, -0.15) is 0 Å². The molecule has 0 spiro atoms. The van der Waals surface area contributed by atoms with Crippen molar-refractivity contribution in [1.29, 1.82) is 0 Å². The minimum absolute atomic E-state index is 0.0771. The number of ether oxygens (including phenoxy) is 2. The fourth-order valence-electron chi connectivity index (χ4n) is 4.57. The van der Waals surface area contributed by atoms with Crippen LogP contribution in [-0.4, -0.2) is 63.6 Å². The van der Waals surface area contributed by atoms with Gasteiger partial charge in [-0.05, 0) is 43.6 Å². The monoisotopic (exact) mass is 434 g/mol. The number of hydrogen-bond acceptors (Lipinski definition) is 5. The van der Waals surface area contributed by atoms with Crippen molar-refractivity contribution in [2.75, 3.05) is 20.0 Å². The Balaban J connectivity index is 1.63. The highest BCUT2D eigenvalue weighted by Crippen LogP contribution is 2.34. The third kappa shape index (κ3) is 5.54. The smallest absolute Gasteiger partial charge is 0.410 e. The first-order valence-electron chi connectivity index (χ1n) is 10.3. The number of carbonyl (C=O) groups excluding carboxylic acids is 1. The van der Waals surface area contributed by atoms with Gasteiger partial charge in [0.15, 0.2) is 0 Å². The lowest BCUT2D eigenvalue weighted by Gasteiger charge is -2.33. The molecule has 2 unspecified atom stereocenters. The summed E-state index contributed by atoms with van der Waals surface area (Å²) >= 11 is 0. The van der Waals surface area contributed by atoms with E-state index in [2.05, 4.69) is 34.9 Å². The van der Waals surface area contributed by atoms with Crippen molar-refractivity contribution < 1.29 is 22.7 Å². The predicted molar refractivity (Wildman–Crippen MR) is 114 cm³/mol. The molecule has 0 aromatic heterocycles. The topological polar surface area (TPSA) is 84.9 Å². The standard InChI is InChI=1S/C22H30N2O5S/c1-4-18-14-20(23-30(3,26)27)21(24(18)22(25)28-2)15-29-19-12-10-17(11-13-19)16-8-6-5-7-9-16/h1,5-9,17-21,23H,10-15H2,2-3H3/t17?,18-,19?,20?,21?/m1/s1. The van der Waals surface area contributed by atoms with E-state index in [1.54, 1.807) is 0 Å². The van der Waals surface area contributed by atoms with E-state index in [4.69, 9.17) is 15.9 Å². The van der Waals surface area contributed by atoms with E-state index in [0.29, 0.717) is 12.3 Å². The first kappa shape index (κ1) is 22.6. The van der Waals surface area contributed by atoms with Crippen molar-refractivity contribution in [2.24, 2.45) is 0 Å². The number of carbonyl (C=O) groups is 1. The summed E-state index contributed by atoms with van der Waals surface area (Å²) < 4.78 is 37.3. The second-order valence-corrected chi connectivity index (χ2v) is 9.86. The molecular formula is C22H30N2O5S. The number of benzene rings is 1. The molecule has 30 heavy (non-hydrogen) atoms. The quantitative estimate of drug-likeness (QED) is 0.696. The first-order valence-corrected chi connectivity index (χ1v) is 12.2. The zero-order valence-electron chi connectivity index (χ0n) is 17.5. The number of methoxy groups -OCH3 is 1. The van der Waals surface area contributed by atoms with Gasteiger partial charge in [0.05, 0.1) is 38.2 Å². The molecule has 1 aliphatic heterocycles. The van der Waals surface area contributed by atoms with Crippen molar-refractivity contribution in [3.8, 4) is 12.3 Å². The molecule has 0 radical (unpaired) electrons. The minimum atomic E-state index is -3.46. The molecule has 0 bridgehead atoms. The lowest BCUT2D eigenvalue weighted by molar-refractivity contribution is -0.00730. The first-order chi connectivity index (χ1) is 14.3. The molecule has 164 valence electrons. The van der Waals surface area contributed by atoms with Crippen LogP contribution in [0.15, 0.2) is 30.3 Å². The zero-order chi connectivity index (χ0) is 21.7. The summed E-state index contributed by atoms with van der Waals surface area (Å²) in [5.74, 6) is 3.11. The summed E-state index contributed by atoms with van der Waals surface area (Å²) in [6, 6.07) is 8.92. The molecule has 1 aliphatic carbocycles. The van der Waals surface area contributed by atoms with Crippen LogP contribution in [0.5, 0.6) is 0 Å². The van der Waals surface area contributed by atoms with Crippen LogP contribution in [0.25, 0.3) is 0 Å². The summed E-state index contributed by atoms with van der Waals surface area (Å²) in [5.41, 5.74) is 1.36. The molecule has 3 rings (SSSR count). The number of nitrogens with zero attached hydrogens (tertiary/aromatic N) is 1. The Kier molecular flexibility index (Phi) is 7.40. The number of amides is 1. The molecule has 7 nitrogen and oxygen atoms in total. The van der Waals surface area contributed by atoms with Gasteiger partial charge in [-0.3, -0.25) is 4.90 Å². The van der Waals surface area contributed by atoms with Crippen LogP contribution in [0, 0.1) is 12.3 Å². The maximum atomic E-state index is 12.3. The Morgan fingerprint density at radius 2 is 1.90 bits per heavy atom. The van der Waals surface area contributed by atoms with Gasteiger partial charge in [0.1, 0.15) is 0 Å². The fourth-order valence-corrected chi connectivity index (χ4v) is 5.38. The van der Waals surface area contributed by atoms with Gasteiger partial charge in [-0.25, -0.2) is 17.9 Å². The number of hydrogen-bond donors (Lipinski definition) is 1. The average molecular weight is 435 g/mol. The Bertz CT molecular complexity index is 859. The van der Waals surface area contributed by atoms with E-state index in [9.17, 15) is 13.2 Å². The van der Waals surface area contributed by atoms with Crippen molar-refractivity contribution in [1.82, 2.24) is 9.62 Å². The van der Waals surface area contributed by atoms with Crippen LogP contribution < -0.4 is 4.72 Å². The summed E-state index contributed by atoms with van der Waals surface area (Å²) in [5, 5.41) is 0. The molecular weight excluding hydrogens is 404 g/mol. The van der Waals surface area contributed by atoms with Crippen molar-refractivity contribution in [2.45, 2.75) is 62.3 Å². The van der Waals surface area contributed by atoms with Crippen molar-refractivity contribution in [3.05, 3.63) is 35.9 Å². The van der Waals surface area contributed by atoms with Crippen LogP contribution in [0.2, 0.25) is 0 Å². The molecule has 1 saturated heterocycles. The van der Waals surface area contributed by atoms with E-state index < -0.39 is 34.2 Å². The van der Waals surface area contributed by atoms with E-state index in [-0.39, 0.29) is 12.7 Å². The highest BCUT2D eigenvalue weighted by atomic mass is 32.2. The maximum absolute atomic E-state index is 12.3. The minimum Gasteiger partial charge on any atom is -0.453 e. The zero-order valence-corrected chi connectivity index (χ0v) is 18.3. The van der Waals surface area contributed by atoms with Crippen molar-refractivity contribution in [3.63, 3.8) is 0 Å². The second kappa shape index (κ2) is 9.82. The van der Waals surface area contributed by atoms with Gasteiger partial charge in [0.2, 0.25) is 10.0 Å². The van der Waals surface area contributed by atoms with E-state index in [0.717, 1.165) is 31.9 Å². The number of nitrogens with one attached hydrogen (secondary N) is 1. The van der Waals surface area contributed by atoms with Crippen LogP contribution in [0.3, 0.4) is 0 Å². The van der Waals surface area contributed by atoms with Crippen LogP contribution >= 0.6 is 0 Å². The lowest BCUT2D eigenvalue weighted by Crippen LogP contribution is -2.50. The molecule has 2 aliphatic rings. The third-order valence-corrected chi connectivity index (χ3v) is 6.76. The molecule has 1 amide bonds. The van der Waals surface area contributed by atoms with Crippen LogP contribution in [-0.2, 0) is 19.5 Å². The molecule has 1 saturated carbocycles. The fraction of sp³-hybridized carbons (Fsp3) is 0.591. The van der Waals surface area contributed by atoms with Crippen LogP contribution in [0.1, 0.15) is 43.6 Å². The average Bonchev–Trinajstić information content (AvgIpc) is 3.08. The number of sulfonamides is 1. The Morgan fingerprint density at radius 3 is 2.47 bits per heavy atom. The Labute approximate surface area is 179 Å². The Hall–Kier alpha value is -2.08. The maximum Gasteiger partial charge on any atom is 0.410 e. The molecule has 2 fully saturated rings. The van der Waals surface area contributed by atoms with Gasteiger partial charge >= 0.3 is 6.09 Å². The normalized spacial score (nSPS) is 29.4. The molecule has 1 N–H and O–H groups in total. The van der Waals surface area contributed by atoms with Gasteiger partial charge in [0.25, 0.3) is 0 Å². The molecule has 1 aromatic carbocycles. The van der Waals surface area contributed by atoms with Gasteiger partial charge < -0.3 is 9.47 Å². The predicted octanol–water partition coefficient (Wildman–Crippen LogP) is 2.49.